The Hall–Kier alpha value is -1.73. The van der Waals surface area contributed by atoms with Crippen molar-refractivity contribution in [2.24, 2.45) is 5.92 Å². The van der Waals surface area contributed by atoms with Gasteiger partial charge in [0.2, 0.25) is 5.65 Å². The molecule has 1 saturated heterocycles. The van der Waals surface area contributed by atoms with E-state index in [0.717, 1.165) is 69.8 Å². The number of hydrogen-bond acceptors (Lipinski definition) is 5. The summed E-state index contributed by atoms with van der Waals surface area (Å²) in [7, 11) is 1.79. The smallest absolute Gasteiger partial charge is 0.296 e. The first-order chi connectivity index (χ1) is 12.7. The fourth-order valence-corrected chi connectivity index (χ4v) is 4.38. The summed E-state index contributed by atoms with van der Waals surface area (Å²) in [5.74, 6) is 1.74. The van der Waals surface area contributed by atoms with E-state index in [2.05, 4.69) is 10.2 Å². The van der Waals surface area contributed by atoms with Crippen LogP contribution in [0, 0.1) is 12.8 Å². The van der Waals surface area contributed by atoms with Crippen LogP contribution in [0.2, 0.25) is 0 Å². The maximum absolute atomic E-state index is 13.0. The van der Waals surface area contributed by atoms with Crippen LogP contribution in [0.5, 0.6) is 0 Å². The van der Waals surface area contributed by atoms with Gasteiger partial charge < -0.3 is 14.0 Å². The van der Waals surface area contributed by atoms with Gasteiger partial charge in [-0.1, -0.05) is 0 Å². The number of hydrogen-bond donors (Lipinski definition) is 0. The maximum atomic E-state index is 13.0. The van der Waals surface area contributed by atoms with Crippen molar-refractivity contribution >= 4 is 5.65 Å². The summed E-state index contributed by atoms with van der Waals surface area (Å²) in [5, 5.41) is 8.59. The zero-order valence-corrected chi connectivity index (χ0v) is 15.7. The van der Waals surface area contributed by atoms with E-state index in [1.54, 1.807) is 7.11 Å². The first-order valence-electron chi connectivity index (χ1n) is 9.73. The Balaban J connectivity index is 1.60. The van der Waals surface area contributed by atoms with Crippen LogP contribution >= 0.6 is 0 Å². The molecule has 3 heterocycles. The summed E-state index contributed by atoms with van der Waals surface area (Å²) in [6.07, 6.45) is 8.65. The third-order valence-corrected chi connectivity index (χ3v) is 6.05. The molecule has 2 fully saturated rings. The van der Waals surface area contributed by atoms with E-state index in [-0.39, 0.29) is 5.56 Å². The van der Waals surface area contributed by atoms with Gasteiger partial charge in [0.05, 0.1) is 6.10 Å². The second kappa shape index (κ2) is 7.48. The Morgan fingerprint density at radius 1 is 1.15 bits per heavy atom. The van der Waals surface area contributed by atoms with E-state index in [1.807, 2.05) is 22.1 Å². The zero-order chi connectivity index (χ0) is 18.1. The van der Waals surface area contributed by atoms with Crippen LogP contribution in [-0.2, 0) is 16.0 Å². The molecular formula is C19H28N4O3. The van der Waals surface area contributed by atoms with Gasteiger partial charge in [-0.05, 0) is 51.4 Å². The monoisotopic (exact) mass is 360 g/mol. The van der Waals surface area contributed by atoms with Crippen molar-refractivity contribution < 1.29 is 9.47 Å². The molecule has 0 atom stereocenters. The molecule has 1 aliphatic carbocycles. The number of ether oxygens (including phenoxy) is 2. The van der Waals surface area contributed by atoms with Gasteiger partial charge in [-0.15, -0.1) is 10.2 Å². The van der Waals surface area contributed by atoms with Crippen LogP contribution in [0.1, 0.15) is 56.0 Å². The Kier molecular flexibility index (Phi) is 5.09. The molecule has 7 heteroatoms. The van der Waals surface area contributed by atoms with Gasteiger partial charge in [0.15, 0.2) is 0 Å². The van der Waals surface area contributed by atoms with Gasteiger partial charge in [0.1, 0.15) is 5.82 Å². The first-order valence-corrected chi connectivity index (χ1v) is 9.73. The summed E-state index contributed by atoms with van der Waals surface area (Å²) >= 11 is 0. The SMILES string of the molecule is COC1CCC(Cn2c(C)cn3c(C4CCOCC4)nnc3c2=O)CC1. The minimum Gasteiger partial charge on any atom is -0.381 e. The molecule has 142 valence electrons. The van der Waals surface area contributed by atoms with Crippen LogP contribution in [0.3, 0.4) is 0 Å². The number of nitrogens with zero attached hydrogens (tertiary/aromatic N) is 4. The number of aromatic nitrogens is 4. The van der Waals surface area contributed by atoms with Gasteiger partial charge in [0.25, 0.3) is 5.56 Å². The topological polar surface area (TPSA) is 70.7 Å². The fraction of sp³-hybridized carbons (Fsp3) is 0.737. The Bertz CT molecular complexity index is 814. The highest BCUT2D eigenvalue weighted by Crippen LogP contribution is 2.28. The molecule has 2 aromatic rings. The average molecular weight is 360 g/mol. The lowest BCUT2D eigenvalue weighted by molar-refractivity contribution is 0.0540. The van der Waals surface area contributed by atoms with Crippen molar-refractivity contribution in [3.63, 3.8) is 0 Å². The predicted octanol–water partition coefficient (Wildman–Crippen LogP) is 2.30. The second-order valence-corrected chi connectivity index (χ2v) is 7.70. The second-order valence-electron chi connectivity index (χ2n) is 7.70. The fourth-order valence-electron chi connectivity index (χ4n) is 4.38. The third kappa shape index (κ3) is 3.30. The predicted molar refractivity (Wildman–Crippen MR) is 97.5 cm³/mol. The van der Waals surface area contributed by atoms with Gasteiger partial charge in [0, 0.05) is 44.7 Å². The van der Waals surface area contributed by atoms with Gasteiger partial charge >= 0.3 is 0 Å². The molecule has 0 aromatic carbocycles. The van der Waals surface area contributed by atoms with Crippen LogP contribution in [-0.4, -0.2) is 45.6 Å². The number of methoxy groups -OCH3 is 1. The molecular weight excluding hydrogens is 332 g/mol. The highest BCUT2D eigenvalue weighted by Gasteiger charge is 2.25. The van der Waals surface area contributed by atoms with Crippen LogP contribution in [0.4, 0.5) is 0 Å². The number of fused-ring (bicyclic) bond motifs is 1. The summed E-state index contributed by atoms with van der Waals surface area (Å²) in [4.78, 5) is 13.0. The van der Waals surface area contributed by atoms with Gasteiger partial charge in [-0.25, -0.2) is 0 Å². The molecule has 2 aromatic heterocycles. The van der Waals surface area contributed by atoms with E-state index in [9.17, 15) is 4.79 Å². The molecule has 0 N–H and O–H groups in total. The van der Waals surface area contributed by atoms with Crippen molar-refractivity contribution in [3.05, 3.63) is 28.1 Å². The molecule has 26 heavy (non-hydrogen) atoms. The van der Waals surface area contributed by atoms with Crippen molar-refractivity contribution in [1.82, 2.24) is 19.2 Å². The quantitative estimate of drug-likeness (QED) is 0.837. The van der Waals surface area contributed by atoms with Crippen molar-refractivity contribution in [3.8, 4) is 0 Å². The molecule has 0 spiro atoms. The van der Waals surface area contributed by atoms with E-state index < -0.39 is 0 Å². The Morgan fingerprint density at radius 3 is 2.58 bits per heavy atom. The lowest BCUT2D eigenvalue weighted by Crippen LogP contribution is -2.30. The normalized spacial score (nSPS) is 25.0. The molecule has 0 unspecified atom stereocenters. The van der Waals surface area contributed by atoms with Gasteiger partial charge in [-0.2, -0.15) is 0 Å². The Labute approximate surface area is 153 Å². The summed E-state index contributed by atoms with van der Waals surface area (Å²) in [5.41, 5.74) is 1.40. The van der Waals surface area contributed by atoms with Gasteiger partial charge in [-0.3, -0.25) is 9.20 Å². The summed E-state index contributed by atoms with van der Waals surface area (Å²) < 4.78 is 14.7. The van der Waals surface area contributed by atoms with Crippen molar-refractivity contribution in [2.45, 2.75) is 64.0 Å². The minimum absolute atomic E-state index is 0.0234. The van der Waals surface area contributed by atoms with Crippen LogP contribution in [0.25, 0.3) is 5.65 Å². The molecule has 2 aliphatic rings. The standard InChI is InChI=1S/C19H28N4O3/c1-13-11-23-17(15-7-9-26-10-8-15)20-21-18(23)19(24)22(13)12-14-3-5-16(25-2)6-4-14/h11,14-16H,3-10,12H2,1-2H3. The molecule has 0 amide bonds. The zero-order valence-electron chi connectivity index (χ0n) is 15.7. The lowest BCUT2D eigenvalue weighted by Gasteiger charge is -2.28. The molecule has 7 nitrogen and oxygen atoms in total. The molecule has 1 aliphatic heterocycles. The lowest BCUT2D eigenvalue weighted by atomic mass is 9.87. The van der Waals surface area contributed by atoms with E-state index >= 15 is 0 Å². The Morgan fingerprint density at radius 2 is 1.88 bits per heavy atom. The van der Waals surface area contributed by atoms with E-state index in [0.29, 0.717) is 23.6 Å². The first kappa shape index (κ1) is 17.7. The number of aryl methyl sites for hydroxylation is 1. The maximum Gasteiger partial charge on any atom is 0.296 e. The molecule has 0 bridgehead atoms. The summed E-state index contributed by atoms with van der Waals surface area (Å²) in [6.45, 7) is 4.27. The van der Waals surface area contributed by atoms with E-state index in [1.165, 1.54) is 0 Å². The largest absolute Gasteiger partial charge is 0.381 e. The molecule has 0 radical (unpaired) electrons. The highest BCUT2D eigenvalue weighted by molar-refractivity contribution is 5.36. The summed E-state index contributed by atoms with van der Waals surface area (Å²) in [6, 6.07) is 0. The van der Waals surface area contributed by atoms with Crippen LogP contribution in [0.15, 0.2) is 11.0 Å². The highest BCUT2D eigenvalue weighted by atomic mass is 16.5. The number of rotatable bonds is 4. The minimum atomic E-state index is -0.0234. The van der Waals surface area contributed by atoms with E-state index in [4.69, 9.17) is 9.47 Å². The molecule has 4 rings (SSSR count). The van der Waals surface area contributed by atoms with Crippen molar-refractivity contribution in [2.75, 3.05) is 20.3 Å². The third-order valence-electron chi connectivity index (χ3n) is 6.05. The van der Waals surface area contributed by atoms with Crippen molar-refractivity contribution in [1.29, 1.82) is 0 Å². The average Bonchev–Trinajstić information content (AvgIpc) is 3.10. The van der Waals surface area contributed by atoms with Crippen LogP contribution < -0.4 is 5.56 Å². The molecule has 1 saturated carbocycles.